The van der Waals surface area contributed by atoms with Crippen LogP contribution in [0.4, 0.5) is 4.79 Å². The maximum atomic E-state index is 13.2. The molecule has 2 fully saturated rings. The highest BCUT2D eigenvalue weighted by Gasteiger charge is 2.60. The Hall–Kier alpha value is -0.640. The molecule has 27 heavy (non-hydrogen) atoms. The molecule has 1 atom stereocenters. The van der Waals surface area contributed by atoms with Gasteiger partial charge in [0.2, 0.25) is 0 Å². The van der Waals surface area contributed by atoms with Crippen molar-refractivity contribution >= 4 is 60.6 Å². The zero-order chi connectivity index (χ0) is 20.3. The van der Waals surface area contributed by atoms with Crippen molar-refractivity contribution in [2.45, 2.75) is 62.8 Å². The summed E-state index contributed by atoms with van der Waals surface area (Å²) in [6.45, 7) is 6.98. The van der Waals surface area contributed by atoms with Crippen LogP contribution in [0.3, 0.4) is 0 Å². The third-order valence-corrected chi connectivity index (χ3v) is 9.88. The number of ether oxygens (including phenoxy) is 1. The first-order chi connectivity index (χ1) is 12.3. The molecule has 1 aromatic heterocycles. The van der Waals surface area contributed by atoms with Gasteiger partial charge in [-0.05, 0) is 69.0 Å². The van der Waals surface area contributed by atoms with Gasteiger partial charge in [-0.3, -0.25) is 0 Å². The first-order valence-corrected chi connectivity index (χ1v) is 12.2. The first-order valence-electron chi connectivity index (χ1n) is 8.56. The number of halogens is 2. The number of nitrogens with one attached hydrogen (secondary N) is 1. The van der Waals surface area contributed by atoms with Gasteiger partial charge >= 0.3 is 6.09 Å². The maximum Gasteiger partial charge on any atom is 0.435 e. The number of carbonyl (C=O) groups is 1. The van der Waals surface area contributed by atoms with E-state index in [4.69, 9.17) is 16.3 Å². The van der Waals surface area contributed by atoms with Gasteiger partial charge in [0.15, 0.2) is 9.84 Å². The second kappa shape index (κ2) is 6.71. The molecule has 3 rings (SSSR count). The van der Waals surface area contributed by atoms with Gasteiger partial charge in [-0.25, -0.2) is 13.2 Å². The Morgan fingerprint density at radius 1 is 1.41 bits per heavy atom. The minimum absolute atomic E-state index is 0.111. The fraction of sp³-hybridized carbons (Fsp3) is 0.647. The predicted molar refractivity (Wildman–Crippen MR) is 112 cm³/mol. The zero-order valence-corrected chi connectivity index (χ0v) is 19.5. The molecule has 0 unspecified atom stereocenters. The lowest BCUT2D eigenvalue weighted by Gasteiger charge is -2.50. The second-order valence-corrected chi connectivity index (χ2v) is 13.4. The molecular weight excluding hydrogens is 476 g/mol. The number of rotatable bonds is 1. The summed E-state index contributed by atoms with van der Waals surface area (Å²) >= 11 is 11.1. The molecule has 1 aromatic rings. The normalized spacial score (nSPS) is 27.9. The molecule has 1 aliphatic heterocycles. The van der Waals surface area contributed by atoms with Gasteiger partial charge in [0.05, 0.1) is 25.0 Å². The number of sulfone groups is 1. The summed E-state index contributed by atoms with van der Waals surface area (Å²) in [4.78, 5) is 17.1. The van der Waals surface area contributed by atoms with E-state index in [2.05, 4.69) is 26.2 Å². The number of amides is 1. The van der Waals surface area contributed by atoms with Crippen molar-refractivity contribution < 1.29 is 17.9 Å². The van der Waals surface area contributed by atoms with Gasteiger partial charge in [0, 0.05) is 0 Å². The maximum absolute atomic E-state index is 13.2. The van der Waals surface area contributed by atoms with Crippen LogP contribution in [0.2, 0.25) is 5.02 Å². The van der Waals surface area contributed by atoms with E-state index in [9.17, 15) is 13.2 Å². The molecule has 2 aliphatic rings. The molecule has 1 saturated heterocycles. The van der Waals surface area contributed by atoms with E-state index in [1.807, 2.05) is 0 Å². The van der Waals surface area contributed by atoms with Crippen molar-refractivity contribution in [2.24, 2.45) is 4.99 Å². The van der Waals surface area contributed by atoms with E-state index < -0.39 is 31.8 Å². The third-order valence-electron chi connectivity index (χ3n) is 4.82. The van der Waals surface area contributed by atoms with E-state index in [1.54, 1.807) is 33.8 Å². The van der Waals surface area contributed by atoms with Crippen LogP contribution in [-0.2, 0) is 20.1 Å². The molecule has 1 amide bonds. The van der Waals surface area contributed by atoms with Crippen molar-refractivity contribution in [2.75, 3.05) is 5.75 Å². The highest BCUT2D eigenvalue weighted by atomic mass is 79.9. The van der Waals surface area contributed by atoms with Crippen molar-refractivity contribution in [3.8, 4) is 0 Å². The topological polar surface area (TPSA) is 84.8 Å². The standard InChI is InChI=1S/C17H22BrClN2O4S2/c1-15(2,3)25-14(22)20-13-17(6-5-7-17)27(23,24)9-16(4,21-13)12-10(19)8-11(18)26-12/h8H,5-7,9H2,1-4H3,(H,20,21,22)/t16-/m0/s1. The summed E-state index contributed by atoms with van der Waals surface area (Å²) in [5.74, 6) is 0.0531. The molecule has 1 spiro atoms. The van der Waals surface area contributed by atoms with Gasteiger partial charge in [0.1, 0.15) is 16.2 Å². The Bertz CT molecular complexity index is 916. The van der Waals surface area contributed by atoms with Gasteiger partial charge in [-0.1, -0.05) is 11.6 Å². The highest BCUT2D eigenvalue weighted by molar-refractivity contribution is 9.11. The summed E-state index contributed by atoms with van der Waals surface area (Å²) in [5, 5.41) is 3.71. The smallest absolute Gasteiger partial charge is 0.435 e. The number of nitrogens with zero attached hydrogens (tertiary/aromatic N) is 1. The number of amidine groups is 1. The lowest BCUT2D eigenvalue weighted by molar-refractivity contribution is 0.0602. The molecule has 150 valence electrons. The van der Waals surface area contributed by atoms with E-state index in [0.717, 1.165) is 10.2 Å². The zero-order valence-electron chi connectivity index (χ0n) is 15.6. The largest absolute Gasteiger partial charge is 0.442 e. The van der Waals surface area contributed by atoms with E-state index in [0.29, 0.717) is 22.7 Å². The van der Waals surface area contributed by atoms with Crippen molar-refractivity contribution in [1.29, 1.82) is 0 Å². The lowest BCUT2D eigenvalue weighted by Crippen LogP contribution is -2.68. The Morgan fingerprint density at radius 3 is 2.48 bits per heavy atom. The van der Waals surface area contributed by atoms with Crippen LogP contribution in [-0.4, -0.2) is 36.4 Å². The Labute approximate surface area is 176 Å². The van der Waals surface area contributed by atoms with Gasteiger partial charge in [-0.15, -0.1) is 11.3 Å². The van der Waals surface area contributed by atoms with Crippen LogP contribution in [0.15, 0.2) is 14.8 Å². The quantitative estimate of drug-likeness (QED) is 0.610. The molecule has 0 radical (unpaired) electrons. The summed E-state index contributed by atoms with van der Waals surface area (Å²) in [5.41, 5.74) is -1.69. The van der Waals surface area contributed by atoms with Crippen LogP contribution in [0.5, 0.6) is 0 Å². The van der Waals surface area contributed by atoms with E-state index in [1.165, 1.54) is 11.3 Å². The van der Waals surface area contributed by atoms with Gasteiger partial charge < -0.3 is 10.1 Å². The minimum Gasteiger partial charge on any atom is -0.442 e. The Balaban J connectivity index is 2.06. The molecular formula is C17H22BrClN2O4S2. The van der Waals surface area contributed by atoms with Crippen LogP contribution in [0.25, 0.3) is 0 Å². The number of hydrogen-bond donors (Lipinski definition) is 1. The minimum atomic E-state index is -3.56. The van der Waals surface area contributed by atoms with Gasteiger partial charge in [-0.2, -0.15) is 4.99 Å². The summed E-state index contributed by atoms with van der Waals surface area (Å²) in [6, 6.07) is 1.74. The molecule has 1 saturated carbocycles. The molecule has 2 heterocycles. The summed E-state index contributed by atoms with van der Waals surface area (Å²) in [7, 11) is -3.56. The Morgan fingerprint density at radius 2 is 2.04 bits per heavy atom. The molecule has 1 N–H and O–H groups in total. The predicted octanol–water partition coefficient (Wildman–Crippen LogP) is 4.65. The fourth-order valence-corrected chi connectivity index (χ4v) is 8.34. The van der Waals surface area contributed by atoms with Crippen LogP contribution in [0, 0.1) is 0 Å². The lowest BCUT2D eigenvalue weighted by atomic mass is 9.81. The molecule has 1 aliphatic carbocycles. The number of carbonyl (C=O) groups excluding carboxylic acids is 1. The molecule has 6 nitrogen and oxygen atoms in total. The van der Waals surface area contributed by atoms with Crippen molar-refractivity contribution in [3.05, 3.63) is 19.8 Å². The fourth-order valence-electron chi connectivity index (χ4n) is 3.47. The number of thiophene rings is 1. The molecule has 0 aromatic carbocycles. The average Bonchev–Trinajstić information content (AvgIpc) is 2.72. The van der Waals surface area contributed by atoms with Crippen molar-refractivity contribution in [3.63, 3.8) is 0 Å². The summed E-state index contributed by atoms with van der Waals surface area (Å²) < 4.78 is 31.4. The van der Waals surface area contributed by atoms with Crippen LogP contribution >= 0.6 is 38.9 Å². The van der Waals surface area contributed by atoms with E-state index in [-0.39, 0.29) is 11.6 Å². The third kappa shape index (κ3) is 3.80. The van der Waals surface area contributed by atoms with Crippen LogP contribution < -0.4 is 5.32 Å². The number of aliphatic imine (C=N–C) groups is 1. The average molecular weight is 498 g/mol. The Kier molecular flexibility index (Phi) is 5.24. The molecule has 0 bridgehead atoms. The van der Waals surface area contributed by atoms with Gasteiger partial charge in [0.25, 0.3) is 0 Å². The number of hydrogen-bond acceptors (Lipinski definition) is 5. The van der Waals surface area contributed by atoms with Crippen molar-refractivity contribution in [1.82, 2.24) is 5.32 Å². The van der Waals surface area contributed by atoms with E-state index >= 15 is 0 Å². The second-order valence-electron chi connectivity index (χ2n) is 8.23. The molecule has 10 heteroatoms. The SMILES string of the molecule is CC(C)(C)OC(=O)/N=C1/N[C@](C)(c2sc(Br)cc2Cl)CS(=O)(=O)C12CCC2. The highest BCUT2D eigenvalue weighted by Crippen LogP contribution is 2.48. The first kappa shape index (κ1) is 21.1. The summed E-state index contributed by atoms with van der Waals surface area (Å²) in [6.07, 6.45) is 0.870. The van der Waals surface area contributed by atoms with Crippen LogP contribution in [0.1, 0.15) is 51.8 Å². The monoisotopic (exact) mass is 496 g/mol.